The minimum Gasteiger partial charge on any atom is -0.496 e. The first-order valence-electron chi connectivity index (χ1n) is 8.08. The molecule has 0 radical (unpaired) electrons. The summed E-state index contributed by atoms with van der Waals surface area (Å²) < 4.78 is 5.44. The second kappa shape index (κ2) is 7.10. The van der Waals surface area contributed by atoms with E-state index in [2.05, 4.69) is 18.3 Å². The minimum atomic E-state index is 0.176. The van der Waals surface area contributed by atoms with E-state index in [0.29, 0.717) is 16.3 Å². The highest BCUT2D eigenvalue weighted by Crippen LogP contribution is 2.44. The van der Waals surface area contributed by atoms with Gasteiger partial charge in [0.05, 0.1) is 7.11 Å². The quantitative estimate of drug-likeness (QED) is 0.595. The Morgan fingerprint density at radius 1 is 1.29 bits per heavy atom. The van der Waals surface area contributed by atoms with Crippen molar-refractivity contribution in [3.8, 4) is 5.75 Å². The van der Waals surface area contributed by atoms with E-state index < -0.39 is 0 Å². The molecule has 24 heavy (non-hydrogen) atoms. The van der Waals surface area contributed by atoms with Crippen molar-refractivity contribution in [2.45, 2.75) is 25.7 Å². The van der Waals surface area contributed by atoms with Crippen LogP contribution >= 0.6 is 11.6 Å². The summed E-state index contributed by atoms with van der Waals surface area (Å²) in [6.07, 6.45) is 2.90. The van der Waals surface area contributed by atoms with Crippen LogP contribution in [-0.2, 0) is 4.79 Å². The Hall–Kier alpha value is -2.26. The maximum absolute atomic E-state index is 12.0. The first-order valence-corrected chi connectivity index (χ1v) is 8.46. The molecule has 1 atom stereocenters. The molecule has 1 heterocycles. The fourth-order valence-corrected chi connectivity index (χ4v) is 3.48. The molecule has 1 N–H and O–H groups in total. The van der Waals surface area contributed by atoms with Crippen LogP contribution in [0.1, 0.15) is 36.8 Å². The normalized spacial score (nSPS) is 17.9. The zero-order chi connectivity index (χ0) is 17.1. The molecule has 1 unspecified atom stereocenters. The van der Waals surface area contributed by atoms with Crippen LogP contribution < -0.4 is 10.1 Å². The highest BCUT2D eigenvalue weighted by molar-refractivity contribution is 6.31. The third kappa shape index (κ3) is 2.92. The number of hydrogen-bond acceptors (Lipinski definition) is 3. The number of ether oxygens (including phenoxy) is 1. The smallest absolute Gasteiger partial charge is 0.152 e. The summed E-state index contributed by atoms with van der Waals surface area (Å²) in [7, 11) is 1.60. The summed E-state index contributed by atoms with van der Waals surface area (Å²) in [4.78, 5) is 12.0. The molecule has 124 valence electrons. The second-order valence-electron chi connectivity index (χ2n) is 5.84. The highest BCUT2D eigenvalue weighted by Gasteiger charge is 2.29. The third-order valence-electron chi connectivity index (χ3n) is 4.39. The number of para-hydroxylation sites is 1. The lowest BCUT2D eigenvalue weighted by molar-refractivity contribution is -0.103. The van der Waals surface area contributed by atoms with Crippen molar-refractivity contribution in [3.05, 3.63) is 64.3 Å². The molecular weight excluding hydrogens is 322 g/mol. The molecule has 0 saturated carbocycles. The van der Waals surface area contributed by atoms with Gasteiger partial charge < -0.3 is 10.1 Å². The van der Waals surface area contributed by atoms with Gasteiger partial charge >= 0.3 is 0 Å². The number of fused-ring (bicyclic) bond motifs is 1. The van der Waals surface area contributed by atoms with Crippen LogP contribution in [0.4, 0.5) is 5.69 Å². The second-order valence-corrected chi connectivity index (χ2v) is 6.28. The van der Waals surface area contributed by atoms with Crippen LogP contribution in [0.5, 0.6) is 5.75 Å². The molecule has 0 fully saturated rings. The molecule has 0 spiro atoms. The number of hydrogen-bond donors (Lipinski definition) is 1. The molecule has 2 aromatic rings. The topological polar surface area (TPSA) is 38.3 Å². The first kappa shape index (κ1) is 16.6. The lowest BCUT2D eigenvalue weighted by Gasteiger charge is -2.16. The molecule has 1 aliphatic rings. The maximum Gasteiger partial charge on any atom is 0.152 e. The Balaban J connectivity index is 2.18. The number of aldehydes is 1. The Bertz CT molecular complexity index is 798. The molecule has 0 aliphatic carbocycles. The fraction of sp³-hybridized carbons (Fsp3) is 0.250. The van der Waals surface area contributed by atoms with E-state index in [9.17, 15) is 4.79 Å². The van der Waals surface area contributed by atoms with Crippen LogP contribution in [-0.4, -0.2) is 13.4 Å². The summed E-state index contributed by atoms with van der Waals surface area (Å²) in [5, 5.41) is 4.02. The molecule has 4 heteroatoms. The average molecular weight is 342 g/mol. The first-order chi connectivity index (χ1) is 11.7. The van der Waals surface area contributed by atoms with Crippen molar-refractivity contribution >= 4 is 29.1 Å². The highest BCUT2D eigenvalue weighted by atomic mass is 35.5. The largest absolute Gasteiger partial charge is 0.496 e. The predicted molar refractivity (Wildman–Crippen MR) is 98.7 cm³/mol. The number of anilines is 1. The van der Waals surface area contributed by atoms with Crippen LogP contribution in [0.2, 0.25) is 5.02 Å². The molecule has 2 aromatic carbocycles. The van der Waals surface area contributed by atoms with E-state index in [1.165, 1.54) is 5.56 Å². The zero-order valence-corrected chi connectivity index (χ0v) is 14.6. The van der Waals surface area contributed by atoms with Crippen LogP contribution in [0.25, 0.3) is 5.57 Å². The van der Waals surface area contributed by atoms with Gasteiger partial charge in [0.15, 0.2) is 6.29 Å². The lowest BCUT2D eigenvalue weighted by Crippen LogP contribution is -2.06. The monoisotopic (exact) mass is 341 g/mol. The Labute approximate surface area is 147 Å². The van der Waals surface area contributed by atoms with E-state index in [0.717, 1.165) is 36.1 Å². The van der Waals surface area contributed by atoms with E-state index in [4.69, 9.17) is 16.3 Å². The molecule has 0 bridgehead atoms. The summed E-state index contributed by atoms with van der Waals surface area (Å²) in [6, 6.07) is 13.5. The summed E-state index contributed by atoms with van der Waals surface area (Å²) in [6.45, 7) is 2.15. The van der Waals surface area contributed by atoms with Crippen LogP contribution in [0.3, 0.4) is 0 Å². The van der Waals surface area contributed by atoms with Crippen LogP contribution in [0, 0.1) is 0 Å². The summed E-state index contributed by atoms with van der Waals surface area (Å²) in [5.74, 6) is 0.817. The number of halogens is 1. The summed E-state index contributed by atoms with van der Waals surface area (Å²) in [5.41, 5.74) is 4.54. The van der Waals surface area contributed by atoms with Gasteiger partial charge in [-0.3, -0.25) is 4.79 Å². The number of rotatable bonds is 5. The van der Waals surface area contributed by atoms with Gasteiger partial charge in [-0.1, -0.05) is 43.1 Å². The van der Waals surface area contributed by atoms with Gasteiger partial charge in [0, 0.05) is 33.5 Å². The van der Waals surface area contributed by atoms with Gasteiger partial charge in [-0.15, -0.1) is 0 Å². The van der Waals surface area contributed by atoms with E-state index in [-0.39, 0.29) is 5.92 Å². The van der Waals surface area contributed by atoms with Gasteiger partial charge in [0.25, 0.3) is 0 Å². The van der Waals surface area contributed by atoms with Gasteiger partial charge in [-0.2, -0.15) is 0 Å². The Kier molecular flexibility index (Phi) is 4.91. The average Bonchev–Trinajstić information content (AvgIpc) is 2.95. The van der Waals surface area contributed by atoms with Gasteiger partial charge in [0.2, 0.25) is 0 Å². The van der Waals surface area contributed by atoms with Gasteiger partial charge in [-0.05, 0) is 36.2 Å². The molecular formula is C20H20ClNO2. The maximum atomic E-state index is 12.0. The number of methoxy groups -OCH3 is 1. The van der Waals surface area contributed by atoms with Crippen molar-refractivity contribution in [2.24, 2.45) is 0 Å². The molecule has 0 amide bonds. The molecule has 0 aromatic heterocycles. The fourth-order valence-electron chi connectivity index (χ4n) is 3.31. The third-order valence-corrected chi connectivity index (χ3v) is 4.63. The van der Waals surface area contributed by atoms with Crippen molar-refractivity contribution in [3.63, 3.8) is 0 Å². The number of benzene rings is 2. The van der Waals surface area contributed by atoms with E-state index in [1.807, 2.05) is 18.2 Å². The lowest BCUT2D eigenvalue weighted by atomic mass is 9.90. The minimum absolute atomic E-state index is 0.176. The molecule has 0 saturated heterocycles. The van der Waals surface area contributed by atoms with E-state index >= 15 is 0 Å². The Morgan fingerprint density at radius 2 is 2.08 bits per heavy atom. The van der Waals surface area contributed by atoms with Crippen LogP contribution in [0.15, 0.2) is 48.2 Å². The van der Waals surface area contributed by atoms with E-state index in [1.54, 1.807) is 25.3 Å². The predicted octanol–water partition coefficient (Wildman–Crippen LogP) is 5.27. The molecule has 3 nitrogen and oxygen atoms in total. The standard InChI is InChI=1S/C20H20ClNO2/c1-3-6-15-14-7-4-5-8-18(14)22-20(15)17(12-23)16-11-13(21)9-10-19(16)24-2/h4-5,7-12,15,22H,3,6H2,1-2H3. The van der Waals surface area contributed by atoms with Crippen molar-refractivity contribution in [1.82, 2.24) is 0 Å². The molecule has 1 aliphatic heterocycles. The number of carbonyl (C=O) groups is 1. The zero-order valence-electron chi connectivity index (χ0n) is 13.8. The van der Waals surface area contributed by atoms with Gasteiger partial charge in [0.1, 0.15) is 5.75 Å². The van der Waals surface area contributed by atoms with Crippen molar-refractivity contribution in [2.75, 3.05) is 12.4 Å². The Morgan fingerprint density at radius 3 is 2.79 bits per heavy atom. The molecule has 3 rings (SSSR count). The number of nitrogens with one attached hydrogen (secondary N) is 1. The number of carbonyl (C=O) groups excluding carboxylic acids is 1. The number of allylic oxidation sites excluding steroid dienone is 2. The van der Waals surface area contributed by atoms with Gasteiger partial charge in [-0.25, -0.2) is 0 Å². The summed E-state index contributed by atoms with van der Waals surface area (Å²) >= 11 is 6.15. The SMILES string of the molecule is CCCC1C(=C(C=O)c2cc(Cl)ccc2OC)Nc2ccccc21. The van der Waals surface area contributed by atoms with Crippen molar-refractivity contribution < 1.29 is 9.53 Å². The van der Waals surface area contributed by atoms with Crippen molar-refractivity contribution in [1.29, 1.82) is 0 Å².